The van der Waals surface area contributed by atoms with E-state index in [9.17, 15) is 18.0 Å². The summed E-state index contributed by atoms with van der Waals surface area (Å²) in [7, 11) is 4.51. The highest BCUT2D eigenvalue weighted by Gasteiger charge is 2.62. The Bertz CT molecular complexity index is 668. The third-order valence-corrected chi connectivity index (χ3v) is 5.89. The summed E-state index contributed by atoms with van der Waals surface area (Å²) in [6.07, 6.45) is 0.0539. The van der Waals surface area contributed by atoms with Gasteiger partial charge in [0.05, 0.1) is 23.5 Å². The fraction of sp³-hybridized carbons (Fsp3) is 0.778. The minimum atomic E-state index is -4.34. The van der Waals surface area contributed by atoms with E-state index >= 15 is 0 Å². The maximum atomic E-state index is 13.2. The van der Waals surface area contributed by atoms with Gasteiger partial charge in [0.15, 0.2) is 5.60 Å². The molecule has 1 aromatic heterocycles. The van der Waals surface area contributed by atoms with Gasteiger partial charge in [-0.15, -0.1) is 0 Å². The summed E-state index contributed by atoms with van der Waals surface area (Å²) in [5, 5.41) is 7.01. The number of piperidine rings is 1. The van der Waals surface area contributed by atoms with E-state index in [1.54, 1.807) is 14.1 Å². The molecular formula is C18H27F3N4O2. The molecule has 1 atom stereocenters. The number of methoxy groups -OCH3 is 1. The molecule has 0 aromatic carbocycles. The molecule has 2 aliphatic rings. The molecule has 6 nitrogen and oxygen atoms in total. The van der Waals surface area contributed by atoms with Crippen molar-refractivity contribution in [1.29, 1.82) is 0 Å². The number of amides is 1. The first-order valence-electron chi connectivity index (χ1n) is 9.29. The first-order chi connectivity index (χ1) is 12.7. The lowest BCUT2D eigenvalue weighted by Crippen LogP contribution is -2.58. The zero-order valence-corrected chi connectivity index (χ0v) is 16.0. The van der Waals surface area contributed by atoms with Crippen LogP contribution in [0.25, 0.3) is 0 Å². The largest absolute Gasteiger partial charge is 0.417 e. The number of nitrogens with zero attached hydrogens (tertiary/aromatic N) is 3. The fourth-order valence-corrected chi connectivity index (χ4v) is 4.35. The zero-order valence-electron chi connectivity index (χ0n) is 16.0. The van der Waals surface area contributed by atoms with Crippen molar-refractivity contribution in [2.45, 2.75) is 49.9 Å². The van der Waals surface area contributed by atoms with Gasteiger partial charge in [-0.05, 0) is 38.1 Å². The zero-order chi connectivity index (χ0) is 19.8. The number of rotatable bonds is 5. The Morgan fingerprint density at radius 3 is 2.70 bits per heavy atom. The summed E-state index contributed by atoms with van der Waals surface area (Å²) in [6, 6.07) is -0.0245. The third-order valence-electron chi connectivity index (χ3n) is 5.89. The Kier molecular flexibility index (Phi) is 5.54. The van der Waals surface area contributed by atoms with Gasteiger partial charge in [0, 0.05) is 27.7 Å². The van der Waals surface area contributed by atoms with Crippen LogP contribution in [0.2, 0.25) is 0 Å². The minimum absolute atomic E-state index is 0.0112. The monoisotopic (exact) mass is 388 g/mol. The van der Waals surface area contributed by atoms with E-state index in [1.165, 1.54) is 11.1 Å². The minimum Gasteiger partial charge on any atom is -0.369 e. The smallest absolute Gasteiger partial charge is 0.369 e. The first-order valence-corrected chi connectivity index (χ1v) is 9.29. The topological polar surface area (TPSA) is 61.5 Å². The fourth-order valence-electron chi connectivity index (χ4n) is 4.35. The average molecular weight is 388 g/mol. The number of aromatic nitrogens is 2. The number of carbonyl (C=O) groups excluding carboxylic acids is 1. The highest BCUT2D eigenvalue weighted by atomic mass is 19.4. The number of H-pyrrole nitrogens is 1. The molecule has 1 aromatic rings. The van der Waals surface area contributed by atoms with E-state index in [0.717, 1.165) is 38.6 Å². The van der Waals surface area contributed by atoms with Crippen LogP contribution in [0.4, 0.5) is 13.2 Å². The second kappa shape index (κ2) is 7.43. The molecule has 9 heteroatoms. The number of alkyl halides is 3. The van der Waals surface area contributed by atoms with E-state index in [2.05, 4.69) is 15.1 Å². The van der Waals surface area contributed by atoms with Crippen molar-refractivity contribution in [3.63, 3.8) is 0 Å². The Hall–Kier alpha value is -1.61. The van der Waals surface area contributed by atoms with Crippen LogP contribution in [0.5, 0.6) is 0 Å². The maximum Gasteiger partial charge on any atom is 0.417 e. The molecule has 1 amide bonds. The molecule has 1 unspecified atom stereocenters. The molecule has 0 bridgehead atoms. The molecule has 1 saturated heterocycles. The lowest BCUT2D eigenvalue weighted by molar-refractivity contribution is -0.309. The number of hydrogen-bond donors (Lipinski definition) is 1. The predicted octanol–water partition coefficient (Wildman–Crippen LogP) is 3.00. The number of halogens is 3. The normalized spacial score (nSPS) is 29.4. The Morgan fingerprint density at radius 2 is 2.11 bits per heavy atom. The van der Waals surface area contributed by atoms with Gasteiger partial charge in [-0.2, -0.15) is 18.3 Å². The van der Waals surface area contributed by atoms with Crippen LogP contribution < -0.4 is 0 Å². The third kappa shape index (κ3) is 3.71. The highest BCUT2D eigenvalue weighted by Crippen LogP contribution is 2.51. The summed E-state index contributed by atoms with van der Waals surface area (Å²) in [5.41, 5.74) is -0.697. The first kappa shape index (κ1) is 20.1. The average Bonchev–Trinajstić information content (AvgIpc) is 3.05. The van der Waals surface area contributed by atoms with E-state index < -0.39 is 11.8 Å². The second-order valence-corrected chi connectivity index (χ2v) is 7.87. The molecule has 2 fully saturated rings. The van der Waals surface area contributed by atoms with E-state index in [1.807, 2.05) is 0 Å². The van der Waals surface area contributed by atoms with E-state index in [4.69, 9.17) is 4.74 Å². The van der Waals surface area contributed by atoms with Gasteiger partial charge < -0.3 is 9.64 Å². The van der Waals surface area contributed by atoms with Crippen molar-refractivity contribution in [2.24, 2.45) is 5.92 Å². The van der Waals surface area contributed by atoms with E-state index in [-0.39, 0.29) is 30.7 Å². The number of hydrogen-bond acceptors (Lipinski definition) is 4. The van der Waals surface area contributed by atoms with Crippen LogP contribution >= 0.6 is 0 Å². The van der Waals surface area contributed by atoms with E-state index in [0.29, 0.717) is 12.1 Å². The van der Waals surface area contributed by atoms with Crippen LogP contribution in [-0.4, -0.2) is 72.0 Å². The van der Waals surface area contributed by atoms with Crippen LogP contribution in [0.1, 0.15) is 54.2 Å². The van der Waals surface area contributed by atoms with Gasteiger partial charge in [0.1, 0.15) is 0 Å². The quantitative estimate of drug-likeness (QED) is 0.842. The summed E-state index contributed by atoms with van der Waals surface area (Å²) >= 11 is 0. The maximum absolute atomic E-state index is 13.2. The Morgan fingerprint density at radius 1 is 1.41 bits per heavy atom. The van der Waals surface area contributed by atoms with Gasteiger partial charge in [-0.25, -0.2) is 0 Å². The van der Waals surface area contributed by atoms with Gasteiger partial charge in [-0.3, -0.25) is 14.8 Å². The lowest BCUT2D eigenvalue weighted by atomic mass is 9.69. The van der Waals surface area contributed by atoms with Gasteiger partial charge in [-0.1, -0.05) is 6.42 Å². The highest BCUT2D eigenvalue weighted by molar-refractivity contribution is 5.94. The lowest BCUT2D eigenvalue weighted by Gasteiger charge is -2.49. The molecule has 2 heterocycles. The molecule has 0 radical (unpaired) electrons. The number of carbonyl (C=O) groups is 1. The Balaban J connectivity index is 1.71. The van der Waals surface area contributed by atoms with Crippen LogP contribution in [0.15, 0.2) is 6.20 Å². The number of likely N-dealkylation sites (tertiary alicyclic amines) is 1. The molecule has 0 spiro atoms. The molecule has 152 valence electrons. The van der Waals surface area contributed by atoms with Crippen LogP contribution in [0, 0.1) is 5.92 Å². The molecule has 1 aliphatic heterocycles. The van der Waals surface area contributed by atoms with Gasteiger partial charge in [0.25, 0.3) is 5.91 Å². The number of ether oxygens (including phenoxy) is 1. The summed E-state index contributed by atoms with van der Waals surface area (Å²) in [5.74, 6) is -0.188. The van der Waals surface area contributed by atoms with Crippen molar-refractivity contribution in [3.8, 4) is 0 Å². The Labute approximate surface area is 157 Å². The molecule has 3 rings (SSSR count). The molecule has 1 aliphatic carbocycles. The van der Waals surface area contributed by atoms with Crippen molar-refractivity contribution in [1.82, 2.24) is 20.0 Å². The molecule has 27 heavy (non-hydrogen) atoms. The van der Waals surface area contributed by atoms with Crippen molar-refractivity contribution in [3.05, 3.63) is 17.5 Å². The summed E-state index contributed by atoms with van der Waals surface area (Å²) < 4.78 is 44.5. The van der Waals surface area contributed by atoms with Crippen molar-refractivity contribution in [2.75, 3.05) is 34.3 Å². The SMILES string of the molecule is COC1(C(F)(F)F)CC(CN2CCCCC2c2[nH]ncc2C(=O)N(C)C)C1. The molecule has 1 saturated carbocycles. The number of nitrogens with one attached hydrogen (secondary N) is 1. The second-order valence-electron chi connectivity index (χ2n) is 7.87. The van der Waals surface area contributed by atoms with Gasteiger partial charge >= 0.3 is 6.18 Å². The predicted molar refractivity (Wildman–Crippen MR) is 93.3 cm³/mol. The molecule has 1 N–H and O–H groups in total. The van der Waals surface area contributed by atoms with Crippen LogP contribution in [0.3, 0.4) is 0 Å². The number of aromatic amines is 1. The van der Waals surface area contributed by atoms with Gasteiger partial charge in [0.2, 0.25) is 0 Å². The van der Waals surface area contributed by atoms with Crippen molar-refractivity contribution < 1.29 is 22.7 Å². The van der Waals surface area contributed by atoms with Crippen molar-refractivity contribution >= 4 is 5.91 Å². The standard InChI is InChI=1S/C18H27F3N4O2/c1-24(2)16(26)13-10-22-23-15(13)14-6-4-5-7-25(14)11-12-8-17(9-12,27-3)18(19,20)21/h10,12,14H,4-9,11H2,1-3H3,(H,22,23). The summed E-state index contributed by atoms with van der Waals surface area (Å²) in [4.78, 5) is 16.1. The van der Waals surface area contributed by atoms with Crippen LogP contribution in [-0.2, 0) is 4.74 Å². The molecular weight excluding hydrogens is 361 g/mol. The summed E-state index contributed by atoms with van der Waals surface area (Å²) in [6.45, 7) is 1.38.